The Hall–Kier alpha value is -0.380. The fraction of sp³-hybridized carbons (Fsp3) is 0.600. The minimum absolute atomic E-state index is 0.389. The monoisotopic (exact) mass is 311 g/mol. The van der Waals surface area contributed by atoms with E-state index < -0.39 is 0 Å². The second-order valence-electron chi connectivity index (χ2n) is 4.94. The smallest absolute Gasteiger partial charge is 0.0732 e. The fourth-order valence-electron chi connectivity index (χ4n) is 2.46. The van der Waals surface area contributed by atoms with Gasteiger partial charge in [-0.1, -0.05) is 35.0 Å². The van der Waals surface area contributed by atoms with Gasteiger partial charge in [0.2, 0.25) is 0 Å². The van der Waals surface area contributed by atoms with Crippen LogP contribution in [0.1, 0.15) is 31.7 Å². The molecule has 100 valence electrons. The van der Waals surface area contributed by atoms with Crippen molar-refractivity contribution >= 4 is 15.9 Å². The molecule has 2 rings (SSSR count). The molecule has 0 bridgehead atoms. The average Bonchev–Trinajstić information content (AvgIpc) is 2.90. The molecule has 0 spiro atoms. The van der Waals surface area contributed by atoms with E-state index in [0.717, 1.165) is 24.0 Å². The van der Waals surface area contributed by atoms with Crippen molar-refractivity contribution in [2.75, 3.05) is 13.2 Å². The van der Waals surface area contributed by atoms with Gasteiger partial charge in [-0.15, -0.1) is 0 Å². The first kappa shape index (κ1) is 14.0. The zero-order valence-electron chi connectivity index (χ0n) is 11.0. The maximum absolute atomic E-state index is 5.84. The number of halogens is 1. The molecule has 0 amide bonds. The molecule has 3 heteroatoms. The molecule has 2 unspecified atom stereocenters. The van der Waals surface area contributed by atoms with Gasteiger partial charge in [0.05, 0.1) is 6.10 Å². The highest BCUT2D eigenvalue weighted by molar-refractivity contribution is 9.10. The van der Waals surface area contributed by atoms with Crippen molar-refractivity contribution < 1.29 is 4.74 Å². The minimum atomic E-state index is 0.389. The van der Waals surface area contributed by atoms with Crippen LogP contribution in [0.25, 0.3) is 0 Å². The Morgan fingerprint density at radius 2 is 2.17 bits per heavy atom. The number of ether oxygens (including phenoxy) is 1. The standard InChI is InChI=1S/C15H22BrNO/c1-2-9-17-14(15-4-3-10-18-15)11-12-5-7-13(16)8-6-12/h5-8,14-15,17H,2-4,9-11H2,1H3. The minimum Gasteiger partial charge on any atom is -0.377 e. The van der Waals surface area contributed by atoms with Crippen LogP contribution in [0.3, 0.4) is 0 Å². The van der Waals surface area contributed by atoms with Gasteiger partial charge in [-0.3, -0.25) is 0 Å². The Morgan fingerprint density at radius 1 is 1.39 bits per heavy atom. The van der Waals surface area contributed by atoms with Gasteiger partial charge in [-0.05, 0) is 49.9 Å². The van der Waals surface area contributed by atoms with Crippen LogP contribution in [0.15, 0.2) is 28.7 Å². The van der Waals surface area contributed by atoms with Crippen LogP contribution < -0.4 is 5.32 Å². The van der Waals surface area contributed by atoms with E-state index in [0.29, 0.717) is 12.1 Å². The van der Waals surface area contributed by atoms with Gasteiger partial charge < -0.3 is 10.1 Å². The summed E-state index contributed by atoms with van der Waals surface area (Å²) in [4.78, 5) is 0. The van der Waals surface area contributed by atoms with Gasteiger partial charge in [-0.2, -0.15) is 0 Å². The average molecular weight is 312 g/mol. The Labute approximate surface area is 118 Å². The number of nitrogens with one attached hydrogen (secondary N) is 1. The highest BCUT2D eigenvalue weighted by Gasteiger charge is 2.25. The largest absolute Gasteiger partial charge is 0.377 e. The third-order valence-corrected chi connectivity index (χ3v) is 3.97. The zero-order valence-corrected chi connectivity index (χ0v) is 12.6. The van der Waals surface area contributed by atoms with Crippen molar-refractivity contribution in [2.45, 2.75) is 44.8 Å². The molecule has 1 aliphatic heterocycles. The molecule has 1 saturated heterocycles. The van der Waals surface area contributed by atoms with E-state index in [-0.39, 0.29) is 0 Å². The van der Waals surface area contributed by atoms with Crippen LogP contribution in [0.2, 0.25) is 0 Å². The predicted molar refractivity (Wildman–Crippen MR) is 78.9 cm³/mol. The van der Waals surface area contributed by atoms with Crippen molar-refractivity contribution in [1.82, 2.24) is 5.32 Å². The van der Waals surface area contributed by atoms with Crippen LogP contribution in [0, 0.1) is 0 Å². The SMILES string of the molecule is CCCNC(Cc1ccc(Br)cc1)C1CCCO1. The topological polar surface area (TPSA) is 21.3 Å². The molecule has 1 fully saturated rings. The quantitative estimate of drug-likeness (QED) is 0.867. The molecule has 2 nitrogen and oxygen atoms in total. The second kappa shape index (κ2) is 7.27. The molecule has 0 aromatic heterocycles. The molecular weight excluding hydrogens is 290 g/mol. The molecule has 1 aromatic rings. The van der Waals surface area contributed by atoms with Crippen LogP contribution in [0.4, 0.5) is 0 Å². The van der Waals surface area contributed by atoms with Gasteiger partial charge in [0.25, 0.3) is 0 Å². The number of hydrogen-bond donors (Lipinski definition) is 1. The third kappa shape index (κ3) is 4.08. The second-order valence-corrected chi connectivity index (χ2v) is 5.86. The summed E-state index contributed by atoms with van der Waals surface area (Å²) >= 11 is 3.48. The lowest BCUT2D eigenvalue weighted by Gasteiger charge is -2.24. The van der Waals surface area contributed by atoms with E-state index in [2.05, 4.69) is 52.4 Å². The molecule has 2 atom stereocenters. The highest BCUT2D eigenvalue weighted by Crippen LogP contribution is 2.19. The van der Waals surface area contributed by atoms with E-state index >= 15 is 0 Å². The fourth-order valence-corrected chi connectivity index (χ4v) is 2.72. The first-order chi connectivity index (χ1) is 8.79. The van der Waals surface area contributed by atoms with Crippen LogP contribution in [-0.4, -0.2) is 25.3 Å². The Bertz CT molecular complexity index is 346. The van der Waals surface area contributed by atoms with Crippen molar-refractivity contribution in [3.05, 3.63) is 34.3 Å². The van der Waals surface area contributed by atoms with Crippen LogP contribution >= 0.6 is 15.9 Å². The van der Waals surface area contributed by atoms with Crippen molar-refractivity contribution in [3.63, 3.8) is 0 Å². The first-order valence-corrected chi connectivity index (χ1v) is 7.68. The van der Waals surface area contributed by atoms with Crippen molar-refractivity contribution in [3.8, 4) is 0 Å². The van der Waals surface area contributed by atoms with Gasteiger partial charge >= 0.3 is 0 Å². The highest BCUT2D eigenvalue weighted by atomic mass is 79.9. The van der Waals surface area contributed by atoms with E-state index in [1.165, 1.54) is 24.8 Å². The maximum atomic E-state index is 5.84. The predicted octanol–water partition coefficient (Wildman–Crippen LogP) is 3.54. The lowest BCUT2D eigenvalue weighted by Crippen LogP contribution is -2.41. The lowest BCUT2D eigenvalue weighted by molar-refractivity contribution is 0.0784. The summed E-state index contributed by atoms with van der Waals surface area (Å²) in [6.07, 6.45) is 5.01. The van der Waals surface area contributed by atoms with Gasteiger partial charge in [0.1, 0.15) is 0 Å². The Morgan fingerprint density at radius 3 is 2.78 bits per heavy atom. The summed E-state index contributed by atoms with van der Waals surface area (Å²) in [5.41, 5.74) is 1.38. The number of benzene rings is 1. The van der Waals surface area contributed by atoms with E-state index in [9.17, 15) is 0 Å². The first-order valence-electron chi connectivity index (χ1n) is 6.89. The van der Waals surface area contributed by atoms with Gasteiger partial charge in [0, 0.05) is 17.1 Å². The molecule has 18 heavy (non-hydrogen) atoms. The summed E-state index contributed by atoms with van der Waals surface area (Å²) in [5.74, 6) is 0. The Kier molecular flexibility index (Phi) is 5.67. The maximum Gasteiger partial charge on any atom is 0.0732 e. The lowest BCUT2D eigenvalue weighted by atomic mass is 9.99. The molecular formula is C15H22BrNO. The molecule has 1 heterocycles. The normalized spacial score (nSPS) is 21.1. The summed E-state index contributed by atoms with van der Waals surface area (Å²) < 4.78 is 6.98. The van der Waals surface area contributed by atoms with E-state index in [1.807, 2.05) is 0 Å². The van der Waals surface area contributed by atoms with E-state index in [1.54, 1.807) is 0 Å². The third-order valence-electron chi connectivity index (χ3n) is 3.44. The van der Waals surface area contributed by atoms with Crippen molar-refractivity contribution in [1.29, 1.82) is 0 Å². The summed E-state index contributed by atoms with van der Waals surface area (Å²) in [7, 11) is 0. The molecule has 0 aliphatic carbocycles. The van der Waals surface area contributed by atoms with Crippen molar-refractivity contribution in [2.24, 2.45) is 0 Å². The van der Waals surface area contributed by atoms with E-state index in [4.69, 9.17) is 4.74 Å². The summed E-state index contributed by atoms with van der Waals surface area (Å²) in [6, 6.07) is 9.07. The molecule has 1 N–H and O–H groups in total. The van der Waals surface area contributed by atoms with Gasteiger partial charge in [0.15, 0.2) is 0 Å². The summed E-state index contributed by atoms with van der Waals surface area (Å²) in [6.45, 7) is 4.20. The molecule has 0 saturated carbocycles. The van der Waals surface area contributed by atoms with Crippen LogP contribution in [-0.2, 0) is 11.2 Å². The molecule has 0 radical (unpaired) electrons. The number of hydrogen-bond acceptors (Lipinski definition) is 2. The zero-order chi connectivity index (χ0) is 12.8. The van der Waals surface area contributed by atoms with Crippen LogP contribution in [0.5, 0.6) is 0 Å². The number of rotatable bonds is 6. The Balaban J connectivity index is 1.97. The molecule has 1 aromatic carbocycles. The molecule has 1 aliphatic rings. The summed E-state index contributed by atoms with van der Waals surface area (Å²) in [5, 5.41) is 3.64. The van der Waals surface area contributed by atoms with Gasteiger partial charge in [-0.25, -0.2) is 0 Å².